The van der Waals surface area contributed by atoms with Gasteiger partial charge in [0.1, 0.15) is 0 Å². The van der Waals surface area contributed by atoms with Gasteiger partial charge < -0.3 is 5.32 Å². The normalized spacial score (nSPS) is 12.1. The van der Waals surface area contributed by atoms with Gasteiger partial charge in [-0.15, -0.1) is 16.4 Å². The van der Waals surface area contributed by atoms with Gasteiger partial charge in [-0.05, 0) is 65.9 Å². The molecule has 3 rings (SSSR count). The molecule has 0 aliphatic carbocycles. The van der Waals surface area contributed by atoms with E-state index in [0.29, 0.717) is 11.7 Å². The minimum Gasteiger partial charge on any atom is -0.350 e. The number of thioether (sulfide) groups is 1. The Balaban J connectivity index is 1.67. The largest absolute Gasteiger partial charge is 0.350 e. The van der Waals surface area contributed by atoms with Crippen molar-refractivity contribution in [3.05, 3.63) is 51.7 Å². The van der Waals surface area contributed by atoms with Crippen molar-refractivity contribution in [2.45, 2.75) is 37.7 Å². The molecule has 6 nitrogen and oxygen atoms in total. The molecule has 0 radical (unpaired) electrons. The number of rotatable bonds is 6. The van der Waals surface area contributed by atoms with Gasteiger partial charge in [0, 0.05) is 4.88 Å². The first-order valence-corrected chi connectivity index (χ1v) is 9.63. The fourth-order valence-corrected chi connectivity index (χ4v) is 3.69. The van der Waals surface area contributed by atoms with Gasteiger partial charge in [-0.2, -0.15) is 4.68 Å². The fourth-order valence-electron chi connectivity index (χ4n) is 2.21. The van der Waals surface area contributed by atoms with Crippen molar-refractivity contribution in [1.82, 2.24) is 25.5 Å². The fraction of sp³-hybridized carbons (Fsp3) is 0.294. The molecule has 0 saturated carbocycles. The van der Waals surface area contributed by atoms with E-state index in [1.54, 1.807) is 16.0 Å². The summed E-state index contributed by atoms with van der Waals surface area (Å²) in [6, 6.07) is 10.0. The molecule has 0 spiro atoms. The lowest BCUT2D eigenvalue weighted by atomic mass is 10.1. The third kappa shape index (κ3) is 4.26. The first kappa shape index (κ1) is 17.6. The average molecular weight is 374 g/mol. The number of benzene rings is 1. The molecule has 0 fully saturated rings. The van der Waals surface area contributed by atoms with E-state index in [1.165, 1.54) is 22.9 Å². The van der Waals surface area contributed by atoms with Gasteiger partial charge in [-0.1, -0.05) is 23.9 Å². The maximum atomic E-state index is 12.3. The molecule has 1 N–H and O–H groups in total. The van der Waals surface area contributed by atoms with E-state index in [2.05, 4.69) is 34.7 Å². The lowest BCUT2D eigenvalue weighted by Crippen LogP contribution is -2.30. The predicted molar refractivity (Wildman–Crippen MR) is 100 cm³/mol. The molecular formula is C17H19N5OS2. The highest BCUT2D eigenvalue weighted by Crippen LogP contribution is 2.24. The van der Waals surface area contributed by atoms with Crippen molar-refractivity contribution in [2.75, 3.05) is 0 Å². The monoisotopic (exact) mass is 373 g/mol. The standard InChI is InChI=1S/C17H19N5OS2/c1-11-6-7-14(9-12(11)2)22-17(19-20-21-22)25-13(3)16(23)18-10-15-5-4-8-24-15/h4-9,13H,10H2,1-3H3,(H,18,23). The number of aromatic nitrogens is 4. The van der Waals surface area contributed by atoms with Crippen LogP contribution in [-0.2, 0) is 11.3 Å². The van der Waals surface area contributed by atoms with Crippen LogP contribution >= 0.6 is 23.1 Å². The molecule has 2 heterocycles. The highest BCUT2D eigenvalue weighted by atomic mass is 32.2. The van der Waals surface area contributed by atoms with Crippen molar-refractivity contribution >= 4 is 29.0 Å². The van der Waals surface area contributed by atoms with E-state index in [9.17, 15) is 4.79 Å². The van der Waals surface area contributed by atoms with E-state index in [4.69, 9.17) is 0 Å². The molecule has 2 aromatic heterocycles. The molecule has 3 aromatic rings. The average Bonchev–Trinajstić information content (AvgIpc) is 3.27. The zero-order valence-corrected chi connectivity index (χ0v) is 15.9. The second-order valence-electron chi connectivity index (χ2n) is 5.70. The zero-order valence-electron chi connectivity index (χ0n) is 14.3. The van der Waals surface area contributed by atoms with Crippen LogP contribution in [0.5, 0.6) is 0 Å². The SMILES string of the molecule is Cc1ccc(-n2nnnc2SC(C)C(=O)NCc2cccs2)cc1C. The first-order chi connectivity index (χ1) is 12.0. The van der Waals surface area contributed by atoms with Crippen molar-refractivity contribution in [3.63, 3.8) is 0 Å². The molecule has 25 heavy (non-hydrogen) atoms. The number of carbonyl (C=O) groups is 1. The van der Waals surface area contributed by atoms with E-state index < -0.39 is 0 Å². The van der Waals surface area contributed by atoms with Crippen molar-refractivity contribution in [1.29, 1.82) is 0 Å². The first-order valence-electron chi connectivity index (χ1n) is 7.87. The number of carbonyl (C=O) groups excluding carboxylic acids is 1. The van der Waals surface area contributed by atoms with Crippen LogP contribution in [0.25, 0.3) is 5.69 Å². The van der Waals surface area contributed by atoms with Crippen LogP contribution in [0.3, 0.4) is 0 Å². The van der Waals surface area contributed by atoms with E-state index in [0.717, 1.165) is 10.6 Å². The van der Waals surface area contributed by atoms with Crippen LogP contribution in [0.15, 0.2) is 40.9 Å². The number of hydrogen-bond acceptors (Lipinski definition) is 6. The smallest absolute Gasteiger partial charge is 0.233 e. The summed E-state index contributed by atoms with van der Waals surface area (Å²) in [7, 11) is 0. The maximum absolute atomic E-state index is 12.3. The van der Waals surface area contributed by atoms with Crippen LogP contribution in [0.2, 0.25) is 0 Å². The van der Waals surface area contributed by atoms with Crippen molar-refractivity contribution < 1.29 is 4.79 Å². The Morgan fingerprint density at radius 3 is 2.88 bits per heavy atom. The number of amides is 1. The topological polar surface area (TPSA) is 72.7 Å². The lowest BCUT2D eigenvalue weighted by molar-refractivity contribution is -0.120. The minimum atomic E-state index is -0.295. The van der Waals surface area contributed by atoms with Gasteiger partial charge in [0.2, 0.25) is 11.1 Å². The zero-order chi connectivity index (χ0) is 17.8. The number of nitrogens with zero attached hydrogens (tertiary/aromatic N) is 4. The van der Waals surface area contributed by atoms with Gasteiger partial charge in [-0.3, -0.25) is 4.79 Å². The number of thiophene rings is 1. The Morgan fingerprint density at radius 1 is 1.32 bits per heavy atom. The number of aryl methyl sites for hydroxylation is 2. The molecule has 0 saturated heterocycles. The van der Waals surface area contributed by atoms with Crippen LogP contribution in [0, 0.1) is 13.8 Å². The summed E-state index contributed by atoms with van der Waals surface area (Å²) in [4.78, 5) is 13.4. The Kier molecular flexibility index (Phi) is 5.50. The van der Waals surface area contributed by atoms with Crippen LogP contribution < -0.4 is 5.32 Å². The van der Waals surface area contributed by atoms with Crippen molar-refractivity contribution in [2.24, 2.45) is 0 Å². The summed E-state index contributed by atoms with van der Waals surface area (Å²) < 4.78 is 1.67. The van der Waals surface area contributed by atoms with Crippen molar-refractivity contribution in [3.8, 4) is 5.69 Å². The highest BCUT2D eigenvalue weighted by molar-refractivity contribution is 8.00. The molecule has 8 heteroatoms. The lowest BCUT2D eigenvalue weighted by Gasteiger charge is -2.11. The third-order valence-corrected chi connectivity index (χ3v) is 5.75. The Hall–Kier alpha value is -2.19. The third-order valence-electron chi connectivity index (χ3n) is 3.84. The summed E-state index contributed by atoms with van der Waals surface area (Å²) in [5, 5.41) is 17.1. The predicted octanol–water partition coefficient (Wildman–Crippen LogP) is 3.14. The van der Waals surface area contributed by atoms with E-state index in [-0.39, 0.29) is 11.2 Å². The summed E-state index contributed by atoms with van der Waals surface area (Å²) in [5.74, 6) is -0.0342. The second kappa shape index (κ2) is 7.79. The van der Waals surface area contributed by atoms with Gasteiger partial charge in [0.25, 0.3) is 0 Å². The molecule has 1 amide bonds. The molecule has 1 aromatic carbocycles. The van der Waals surface area contributed by atoms with Crippen LogP contribution in [-0.4, -0.2) is 31.4 Å². The minimum absolute atomic E-state index is 0.0342. The summed E-state index contributed by atoms with van der Waals surface area (Å²) in [5.41, 5.74) is 3.28. The molecular weight excluding hydrogens is 354 g/mol. The summed E-state index contributed by atoms with van der Waals surface area (Å²) in [6.45, 7) is 6.52. The summed E-state index contributed by atoms with van der Waals surface area (Å²) >= 11 is 2.97. The van der Waals surface area contributed by atoms with Crippen LogP contribution in [0.1, 0.15) is 22.9 Å². The quantitative estimate of drug-likeness (QED) is 0.672. The van der Waals surface area contributed by atoms with Crippen LogP contribution in [0.4, 0.5) is 0 Å². The van der Waals surface area contributed by atoms with Gasteiger partial charge in [0.15, 0.2) is 0 Å². The molecule has 0 bridgehead atoms. The molecule has 130 valence electrons. The molecule has 1 unspecified atom stereocenters. The maximum Gasteiger partial charge on any atom is 0.233 e. The molecule has 0 aliphatic heterocycles. The molecule has 0 aliphatic rings. The Morgan fingerprint density at radius 2 is 2.16 bits per heavy atom. The van der Waals surface area contributed by atoms with E-state index >= 15 is 0 Å². The summed E-state index contributed by atoms with van der Waals surface area (Å²) in [6.07, 6.45) is 0. The molecule has 1 atom stereocenters. The number of nitrogens with one attached hydrogen (secondary N) is 1. The van der Waals surface area contributed by atoms with Gasteiger partial charge >= 0.3 is 0 Å². The van der Waals surface area contributed by atoms with Gasteiger partial charge in [0.05, 0.1) is 17.5 Å². The second-order valence-corrected chi connectivity index (χ2v) is 8.04. The number of hydrogen-bond donors (Lipinski definition) is 1. The Labute approximate surface area is 154 Å². The van der Waals surface area contributed by atoms with E-state index in [1.807, 2.05) is 42.6 Å². The number of tetrazole rings is 1. The van der Waals surface area contributed by atoms with Gasteiger partial charge in [-0.25, -0.2) is 0 Å². The highest BCUT2D eigenvalue weighted by Gasteiger charge is 2.19. The Bertz CT molecular complexity index is 860.